The maximum absolute atomic E-state index is 14.0. The van der Waals surface area contributed by atoms with Crippen molar-refractivity contribution in [3.05, 3.63) is 52.7 Å². The highest BCUT2D eigenvalue weighted by molar-refractivity contribution is 6.38. The Labute approximate surface area is 188 Å². The molecule has 0 aromatic carbocycles. The predicted molar refractivity (Wildman–Crippen MR) is 115 cm³/mol. The van der Waals surface area contributed by atoms with E-state index < -0.39 is 5.82 Å². The number of rotatable bonds is 4. The molecule has 166 valence electrons. The van der Waals surface area contributed by atoms with Gasteiger partial charge >= 0.3 is 0 Å². The molecule has 2 atom stereocenters. The van der Waals surface area contributed by atoms with Gasteiger partial charge in [-0.25, -0.2) is 14.4 Å². The molecule has 0 saturated carbocycles. The largest absolute Gasteiger partial charge is 0.479 e. The lowest BCUT2D eigenvalue weighted by atomic mass is 9.96. The molecular weight excluding hydrogens is 437 g/mol. The summed E-state index contributed by atoms with van der Waals surface area (Å²) in [7, 11) is 1.33. The van der Waals surface area contributed by atoms with E-state index in [0.717, 1.165) is 18.9 Å². The number of ether oxygens (including phenoxy) is 1. The average molecular weight is 458 g/mol. The molecule has 8 nitrogen and oxygen atoms in total. The SMILES string of the molecule is COc1ncc(C(=O)N2C3CCC2CC(NC(=O)c2cnc4[nH]ccc4c2Cl)C3)cc1F. The number of halogens is 2. The minimum Gasteiger partial charge on any atom is -0.479 e. The molecule has 2 aliphatic rings. The standard InChI is InChI=1S/C22H21ClFN5O3/c1-32-21-17(24)6-11(9-27-21)22(31)29-13-2-3-14(29)8-12(7-13)28-20(30)16-10-26-19-15(18(16)23)4-5-25-19/h4-6,9-10,12-14H,2-3,7-8H2,1H3,(H,25,26)(H,28,30). The Hall–Kier alpha value is -3.20. The number of nitrogens with zero attached hydrogens (tertiary/aromatic N) is 3. The summed E-state index contributed by atoms with van der Waals surface area (Å²) in [5, 5.41) is 4.11. The van der Waals surface area contributed by atoms with Crippen LogP contribution in [0.2, 0.25) is 5.02 Å². The highest BCUT2D eigenvalue weighted by atomic mass is 35.5. The van der Waals surface area contributed by atoms with Crippen molar-refractivity contribution in [2.24, 2.45) is 0 Å². The summed E-state index contributed by atoms with van der Waals surface area (Å²) in [6.07, 6.45) is 7.45. The number of carbonyl (C=O) groups excluding carboxylic acids is 2. The fourth-order valence-corrected chi connectivity index (χ4v) is 5.15. The molecule has 2 saturated heterocycles. The van der Waals surface area contributed by atoms with E-state index in [1.54, 1.807) is 12.3 Å². The van der Waals surface area contributed by atoms with E-state index in [4.69, 9.17) is 16.3 Å². The molecule has 32 heavy (non-hydrogen) atoms. The van der Waals surface area contributed by atoms with E-state index in [0.29, 0.717) is 34.5 Å². The fourth-order valence-electron chi connectivity index (χ4n) is 4.86. The number of fused-ring (bicyclic) bond motifs is 3. The zero-order valence-corrected chi connectivity index (χ0v) is 18.0. The summed E-state index contributed by atoms with van der Waals surface area (Å²) in [4.78, 5) is 38.8. The number of aromatic amines is 1. The summed E-state index contributed by atoms with van der Waals surface area (Å²) >= 11 is 6.41. The Kier molecular flexibility index (Phi) is 5.21. The lowest BCUT2D eigenvalue weighted by Gasteiger charge is -2.39. The minimum absolute atomic E-state index is 0.0301. The van der Waals surface area contributed by atoms with Crippen molar-refractivity contribution in [3.8, 4) is 5.88 Å². The minimum atomic E-state index is -0.669. The van der Waals surface area contributed by atoms with Crippen molar-refractivity contribution in [1.29, 1.82) is 0 Å². The predicted octanol–water partition coefficient (Wildman–Crippen LogP) is 3.32. The Bertz CT molecular complexity index is 1200. The lowest BCUT2D eigenvalue weighted by molar-refractivity contribution is 0.0548. The summed E-state index contributed by atoms with van der Waals surface area (Å²) in [5.74, 6) is -1.34. The van der Waals surface area contributed by atoms with Crippen LogP contribution in [0.15, 0.2) is 30.7 Å². The van der Waals surface area contributed by atoms with E-state index in [2.05, 4.69) is 20.3 Å². The number of hydrogen-bond acceptors (Lipinski definition) is 5. The van der Waals surface area contributed by atoms with Gasteiger partial charge in [-0.05, 0) is 37.8 Å². The molecule has 5 heterocycles. The van der Waals surface area contributed by atoms with E-state index in [1.807, 2.05) is 4.90 Å². The number of aromatic nitrogens is 3. The van der Waals surface area contributed by atoms with Crippen LogP contribution < -0.4 is 10.1 Å². The van der Waals surface area contributed by atoms with Gasteiger partial charge in [-0.15, -0.1) is 0 Å². The number of piperidine rings is 1. The fraction of sp³-hybridized carbons (Fsp3) is 0.364. The van der Waals surface area contributed by atoms with Gasteiger partial charge < -0.3 is 19.9 Å². The Balaban J connectivity index is 1.29. The summed E-state index contributed by atoms with van der Waals surface area (Å²) in [6.45, 7) is 0. The van der Waals surface area contributed by atoms with Crippen LogP contribution in [-0.4, -0.2) is 56.9 Å². The molecule has 2 unspecified atom stereocenters. The first-order valence-electron chi connectivity index (χ1n) is 10.4. The highest BCUT2D eigenvalue weighted by Gasteiger charge is 2.44. The molecular formula is C22H21ClFN5O3. The quantitative estimate of drug-likeness (QED) is 0.626. The second kappa shape index (κ2) is 8.05. The normalized spacial score (nSPS) is 22.2. The third-order valence-electron chi connectivity index (χ3n) is 6.32. The zero-order valence-electron chi connectivity index (χ0n) is 17.3. The van der Waals surface area contributed by atoms with Gasteiger partial charge in [0, 0.05) is 42.1 Å². The number of methoxy groups -OCH3 is 1. The molecule has 2 bridgehead atoms. The monoisotopic (exact) mass is 457 g/mol. The number of carbonyl (C=O) groups is 2. The Morgan fingerprint density at radius 1 is 1.25 bits per heavy atom. The van der Waals surface area contributed by atoms with Crippen LogP contribution in [0.5, 0.6) is 5.88 Å². The molecule has 5 rings (SSSR count). The molecule has 3 aromatic rings. The first kappa shape index (κ1) is 20.7. The van der Waals surface area contributed by atoms with Gasteiger partial charge in [0.15, 0.2) is 5.82 Å². The van der Waals surface area contributed by atoms with Crippen LogP contribution in [-0.2, 0) is 0 Å². The van der Waals surface area contributed by atoms with Gasteiger partial charge in [0.05, 0.1) is 23.3 Å². The number of amides is 2. The molecule has 0 radical (unpaired) electrons. The van der Waals surface area contributed by atoms with Gasteiger partial charge in [-0.1, -0.05) is 11.6 Å². The van der Waals surface area contributed by atoms with Crippen molar-refractivity contribution in [2.75, 3.05) is 7.11 Å². The van der Waals surface area contributed by atoms with E-state index in [9.17, 15) is 14.0 Å². The molecule has 2 aliphatic heterocycles. The van der Waals surface area contributed by atoms with Gasteiger partial charge in [0.2, 0.25) is 5.88 Å². The van der Waals surface area contributed by atoms with E-state index >= 15 is 0 Å². The van der Waals surface area contributed by atoms with Gasteiger partial charge in [-0.3, -0.25) is 9.59 Å². The molecule has 2 N–H and O–H groups in total. The summed E-state index contributed by atoms with van der Waals surface area (Å²) in [6, 6.07) is 2.79. The second-order valence-electron chi connectivity index (χ2n) is 8.18. The summed E-state index contributed by atoms with van der Waals surface area (Å²) in [5.41, 5.74) is 1.14. The van der Waals surface area contributed by atoms with Gasteiger partial charge in [0.1, 0.15) is 5.65 Å². The maximum atomic E-state index is 14.0. The number of H-pyrrole nitrogens is 1. The van der Waals surface area contributed by atoms with Gasteiger partial charge in [0.25, 0.3) is 11.8 Å². The second-order valence-corrected chi connectivity index (χ2v) is 8.56. The smallest absolute Gasteiger partial charge is 0.256 e. The van der Waals surface area contributed by atoms with Crippen molar-refractivity contribution in [3.63, 3.8) is 0 Å². The van der Waals surface area contributed by atoms with Crippen LogP contribution in [0.25, 0.3) is 11.0 Å². The lowest BCUT2D eigenvalue weighted by Crippen LogP contribution is -2.52. The topological polar surface area (TPSA) is 100 Å². The van der Waals surface area contributed by atoms with E-state index in [-0.39, 0.29) is 41.4 Å². The van der Waals surface area contributed by atoms with Crippen LogP contribution in [0, 0.1) is 5.82 Å². The third-order valence-corrected chi connectivity index (χ3v) is 6.72. The Morgan fingerprint density at radius 2 is 2.00 bits per heavy atom. The molecule has 2 amide bonds. The molecule has 0 aliphatic carbocycles. The van der Waals surface area contributed by atoms with Crippen molar-refractivity contribution in [2.45, 2.75) is 43.8 Å². The Morgan fingerprint density at radius 3 is 2.69 bits per heavy atom. The first-order valence-corrected chi connectivity index (χ1v) is 10.8. The average Bonchev–Trinajstić information content (AvgIpc) is 3.36. The van der Waals surface area contributed by atoms with Crippen molar-refractivity contribution in [1.82, 2.24) is 25.2 Å². The molecule has 10 heteroatoms. The van der Waals surface area contributed by atoms with Crippen molar-refractivity contribution < 1.29 is 18.7 Å². The maximum Gasteiger partial charge on any atom is 0.256 e. The zero-order chi connectivity index (χ0) is 22.4. The summed E-state index contributed by atoms with van der Waals surface area (Å²) < 4.78 is 18.9. The number of pyridine rings is 2. The van der Waals surface area contributed by atoms with Crippen LogP contribution in [0.4, 0.5) is 4.39 Å². The third kappa shape index (κ3) is 3.46. The van der Waals surface area contributed by atoms with Crippen molar-refractivity contribution >= 4 is 34.4 Å². The van der Waals surface area contributed by atoms with E-state index in [1.165, 1.54) is 19.5 Å². The highest BCUT2D eigenvalue weighted by Crippen LogP contribution is 2.37. The number of nitrogens with one attached hydrogen (secondary N) is 2. The number of hydrogen-bond donors (Lipinski definition) is 2. The van der Waals surface area contributed by atoms with Crippen LogP contribution in [0.3, 0.4) is 0 Å². The van der Waals surface area contributed by atoms with Crippen LogP contribution in [0.1, 0.15) is 46.4 Å². The van der Waals surface area contributed by atoms with Crippen LogP contribution >= 0.6 is 11.6 Å². The van der Waals surface area contributed by atoms with Gasteiger partial charge in [-0.2, -0.15) is 0 Å². The molecule has 0 spiro atoms. The molecule has 2 fully saturated rings. The molecule has 3 aromatic heterocycles. The first-order chi connectivity index (χ1) is 15.5.